The third kappa shape index (κ3) is 5.18. The summed E-state index contributed by atoms with van der Waals surface area (Å²) in [5, 5.41) is 13.5. The van der Waals surface area contributed by atoms with Gasteiger partial charge in [0.2, 0.25) is 0 Å². The molecule has 0 unspecified atom stereocenters. The minimum atomic E-state index is -0.529. The third-order valence-electron chi connectivity index (χ3n) is 5.82. The van der Waals surface area contributed by atoms with Crippen molar-refractivity contribution in [2.24, 2.45) is 5.92 Å². The number of nitrogens with zero attached hydrogens (tertiary/aromatic N) is 4. The van der Waals surface area contributed by atoms with E-state index in [2.05, 4.69) is 34.2 Å². The molecule has 2 aromatic carbocycles. The number of anilines is 1. The van der Waals surface area contributed by atoms with Gasteiger partial charge in [-0.3, -0.25) is 4.90 Å². The fraction of sp³-hybridized carbons (Fsp3) is 0.391. The summed E-state index contributed by atoms with van der Waals surface area (Å²) >= 11 is 12.1. The van der Waals surface area contributed by atoms with Crippen LogP contribution in [-0.2, 0) is 6.54 Å². The Morgan fingerprint density at radius 2 is 1.81 bits per heavy atom. The van der Waals surface area contributed by atoms with Crippen LogP contribution < -0.4 is 5.32 Å². The number of imidazole rings is 1. The Hall–Kier alpha value is -2.32. The molecule has 1 saturated heterocycles. The second kappa shape index (κ2) is 9.67. The smallest absolute Gasteiger partial charge is 0.334 e. The molecule has 2 N–H and O–H groups in total. The number of hydrogen-bond donors (Lipinski definition) is 2. The summed E-state index contributed by atoms with van der Waals surface area (Å²) < 4.78 is 1.07. The maximum Gasteiger partial charge on any atom is 0.334 e. The van der Waals surface area contributed by atoms with Crippen molar-refractivity contribution in [2.45, 2.75) is 19.4 Å². The van der Waals surface area contributed by atoms with Gasteiger partial charge in [0.25, 0.3) is 0 Å². The molecular formula is C23H27Cl2N5O2. The van der Waals surface area contributed by atoms with Crippen LogP contribution in [0.3, 0.4) is 0 Å². The zero-order chi connectivity index (χ0) is 22.8. The third-order valence-corrected chi connectivity index (χ3v) is 6.55. The van der Waals surface area contributed by atoms with Crippen LogP contribution in [0.2, 0.25) is 10.0 Å². The SMILES string of the molecule is CN(C)CC1CCN(Cc2ccc(NC(=O)n3c(O)nc4cc(Cl)c(Cl)cc43)cc2)CC1. The Morgan fingerprint density at radius 1 is 1.16 bits per heavy atom. The van der Waals surface area contributed by atoms with E-state index < -0.39 is 12.0 Å². The van der Waals surface area contributed by atoms with Crippen molar-refractivity contribution >= 4 is 46.0 Å². The van der Waals surface area contributed by atoms with E-state index >= 15 is 0 Å². The first-order valence-corrected chi connectivity index (χ1v) is 11.4. The first-order valence-electron chi connectivity index (χ1n) is 10.6. The minimum Gasteiger partial charge on any atom is -0.480 e. The molecule has 2 heterocycles. The van der Waals surface area contributed by atoms with E-state index in [1.807, 2.05) is 24.3 Å². The van der Waals surface area contributed by atoms with Crippen LogP contribution in [0.5, 0.6) is 6.01 Å². The van der Waals surface area contributed by atoms with E-state index in [-0.39, 0.29) is 5.02 Å². The second-order valence-corrected chi connectivity index (χ2v) is 9.43. The number of amides is 1. The van der Waals surface area contributed by atoms with Gasteiger partial charge < -0.3 is 15.3 Å². The first-order chi connectivity index (χ1) is 15.3. The largest absolute Gasteiger partial charge is 0.480 e. The van der Waals surface area contributed by atoms with Crippen molar-refractivity contribution in [3.05, 3.63) is 52.0 Å². The van der Waals surface area contributed by atoms with Gasteiger partial charge in [0.15, 0.2) is 0 Å². The van der Waals surface area contributed by atoms with E-state index in [0.717, 1.165) is 36.7 Å². The number of piperidine rings is 1. The molecule has 1 fully saturated rings. The molecule has 0 aliphatic carbocycles. The molecule has 32 heavy (non-hydrogen) atoms. The van der Waals surface area contributed by atoms with Crippen LogP contribution in [0.1, 0.15) is 18.4 Å². The number of likely N-dealkylation sites (tertiary alicyclic amines) is 1. The average Bonchev–Trinajstić information content (AvgIpc) is 3.05. The van der Waals surface area contributed by atoms with Crippen LogP contribution >= 0.6 is 23.2 Å². The monoisotopic (exact) mass is 475 g/mol. The number of aromatic hydroxyl groups is 1. The van der Waals surface area contributed by atoms with Gasteiger partial charge in [0, 0.05) is 18.8 Å². The summed E-state index contributed by atoms with van der Waals surface area (Å²) in [5.74, 6) is 0.778. The molecule has 1 aliphatic rings. The zero-order valence-electron chi connectivity index (χ0n) is 18.2. The van der Waals surface area contributed by atoms with E-state index in [0.29, 0.717) is 21.7 Å². The van der Waals surface area contributed by atoms with Gasteiger partial charge >= 0.3 is 12.0 Å². The predicted octanol–water partition coefficient (Wildman–Crippen LogP) is 4.90. The van der Waals surface area contributed by atoms with Crippen molar-refractivity contribution in [2.75, 3.05) is 39.0 Å². The number of aromatic nitrogens is 2. The van der Waals surface area contributed by atoms with E-state index in [1.54, 1.807) is 0 Å². The topological polar surface area (TPSA) is 73.6 Å². The number of halogens is 2. The summed E-state index contributed by atoms with van der Waals surface area (Å²) in [6.45, 7) is 4.27. The number of nitrogens with one attached hydrogen (secondary N) is 1. The van der Waals surface area contributed by atoms with Crippen LogP contribution in [0.15, 0.2) is 36.4 Å². The Kier molecular flexibility index (Phi) is 6.90. The second-order valence-electron chi connectivity index (χ2n) is 8.61. The maximum atomic E-state index is 12.8. The van der Waals surface area contributed by atoms with Crippen LogP contribution in [-0.4, -0.2) is 64.2 Å². The molecule has 1 aliphatic heterocycles. The highest BCUT2D eigenvalue weighted by Crippen LogP contribution is 2.30. The molecule has 7 nitrogen and oxygen atoms in total. The predicted molar refractivity (Wildman–Crippen MR) is 129 cm³/mol. The molecule has 3 aromatic rings. The Bertz CT molecular complexity index is 1110. The van der Waals surface area contributed by atoms with Gasteiger partial charge in [-0.05, 0) is 75.8 Å². The summed E-state index contributed by atoms with van der Waals surface area (Å²) in [7, 11) is 4.27. The van der Waals surface area contributed by atoms with E-state index in [9.17, 15) is 9.90 Å². The molecule has 0 saturated carbocycles. The number of carbonyl (C=O) groups excluding carboxylic acids is 1. The highest BCUT2D eigenvalue weighted by molar-refractivity contribution is 6.42. The van der Waals surface area contributed by atoms with Crippen molar-refractivity contribution in [3.8, 4) is 6.01 Å². The Labute approximate surface area is 197 Å². The molecule has 1 amide bonds. The molecule has 0 atom stereocenters. The summed E-state index contributed by atoms with van der Waals surface area (Å²) in [4.78, 5) is 21.5. The lowest BCUT2D eigenvalue weighted by molar-refractivity contribution is 0.157. The van der Waals surface area contributed by atoms with E-state index in [4.69, 9.17) is 23.2 Å². The van der Waals surface area contributed by atoms with Crippen molar-refractivity contribution in [3.63, 3.8) is 0 Å². The van der Waals surface area contributed by atoms with Gasteiger partial charge in [-0.2, -0.15) is 4.98 Å². The molecule has 0 radical (unpaired) electrons. The number of rotatable bonds is 5. The molecule has 0 bridgehead atoms. The average molecular weight is 476 g/mol. The molecule has 0 spiro atoms. The number of benzene rings is 2. The highest BCUT2D eigenvalue weighted by Gasteiger charge is 2.20. The standard InChI is InChI=1S/C23H27Cl2N5O2/c1-28(2)13-16-7-9-29(10-8-16)14-15-3-5-17(6-4-15)26-22(31)30-21-12-19(25)18(24)11-20(21)27-23(30)32/h3-6,11-12,16H,7-10,13-14H2,1-2H3,(H,26,31)(H,27,32). The lowest BCUT2D eigenvalue weighted by Crippen LogP contribution is -2.36. The number of fused-ring (bicyclic) bond motifs is 1. The van der Waals surface area contributed by atoms with Crippen molar-refractivity contribution in [1.29, 1.82) is 0 Å². The summed E-state index contributed by atoms with van der Waals surface area (Å²) in [6.07, 6.45) is 2.45. The van der Waals surface area contributed by atoms with Crippen molar-refractivity contribution < 1.29 is 9.90 Å². The van der Waals surface area contributed by atoms with Crippen molar-refractivity contribution in [1.82, 2.24) is 19.4 Å². The number of carbonyl (C=O) groups is 1. The van der Waals surface area contributed by atoms with Crippen LogP contribution in [0.25, 0.3) is 11.0 Å². The maximum absolute atomic E-state index is 12.8. The first kappa shape index (κ1) is 22.9. The molecule has 9 heteroatoms. The zero-order valence-corrected chi connectivity index (χ0v) is 19.7. The lowest BCUT2D eigenvalue weighted by Gasteiger charge is -2.33. The number of hydrogen-bond acceptors (Lipinski definition) is 5. The van der Waals surface area contributed by atoms with Crippen LogP contribution in [0.4, 0.5) is 10.5 Å². The summed E-state index contributed by atoms with van der Waals surface area (Å²) in [5.41, 5.74) is 2.59. The fourth-order valence-corrected chi connectivity index (χ4v) is 4.55. The quantitative estimate of drug-likeness (QED) is 0.548. The van der Waals surface area contributed by atoms with Gasteiger partial charge in [-0.15, -0.1) is 0 Å². The lowest BCUT2D eigenvalue weighted by atomic mass is 9.96. The summed E-state index contributed by atoms with van der Waals surface area (Å²) in [6, 6.07) is 9.84. The van der Waals surface area contributed by atoms with E-state index in [1.165, 1.54) is 30.5 Å². The fourth-order valence-electron chi connectivity index (χ4n) is 4.23. The molecular weight excluding hydrogens is 449 g/mol. The van der Waals surface area contributed by atoms with Gasteiger partial charge in [0.05, 0.1) is 21.1 Å². The van der Waals surface area contributed by atoms with Crippen LogP contribution in [0, 0.1) is 5.92 Å². The van der Waals surface area contributed by atoms with Gasteiger partial charge in [0.1, 0.15) is 0 Å². The highest BCUT2D eigenvalue weighted by atomic mass is 35.5. The minimum absolute atomic E-state index is 0.281. The van der Waals surface area contributed by atoms with Gasteiger partial charge in [-0.25, -0.2) is 9.36 Å². The molecule has 170 valence electrons. The molecule has 1 aromatic heterocycles. The van der Waals surface area contributed by atoms with Gasteiger partial charge in [-0.1, -0.05) is 35.3 Å². The Morgan fingerprint density at radius 3 is 2.47 bits per heavy atom. The Balaban J connectivity index is 1.38. The normalized spacial score (nSPS) is 15.5. The molecule has 4 rings (SSSR count).